The van der Waals surface area contributed by atoms with Crippen LogP contribution in [-0.2, 0) is 6.54 Å². The maximum absolute atomic E-state index is 12.9. The van der Waals surface area contributed by atoms with Gasteiger partial charge in [-0.1, -0.05) is 28.9 Å². The van der Waals surface area contributed by atoms with Crippen LogP contribution in [0.2, 0.25) is 5.02 Å². The quantitative estimate of drug-likeness (QED) is 0.560. The SMILES string of the molecule is Cc1noc(Cn2cnc3scc(-c4ccc(Cl)cc4)c3c2=O)n1. The van der Waals surface area contributed by atoms with E-state index in [0.717, 1.165) is 11.1 Å². The minimum atomic E-state index is -0.137. The molecule has 0 N–H and O–H groups in total. The zero-order chi connectivity index (χ0) is 16.7. The lowest BCUT2D eigenvalue weighted by Crippen LogP contribution is -2.21. The number of thiophene rings is 1. The van der Waals surface area contributed by atoms with Crippen LogP contribution in [0.1, 0.15) is 11.7 Å². The zero-order valence-corrected chi connectivity index (χ0v) is 14.1. The van der Waals surface area contributed by atoms with E-state index in [4.69, 9.17) is 16.1 Å². The molecule has 0 saturated carbocycles. The molecule has 0 atom stereocenters. The van der Waals surface area contributed by atoms with Crippen LogP contribution in [0.4, 0.5) is 0 Å². The smallest absolute Gasteiger partial charge is 0.263 e. The maximum Gasteiger partial charge on any atom is 0.263 e. The number of aryl methyl sites for hydroxylation is 1. The Morgan fingerprint density at radius 1 is 1.29 bits per heavy atom. The van der Waals surface area contributed by atoms with Crippen LogP contribution >= 0.6 is 22.9 Å². The lowest BCUT2D eigenvalue weighted by Gasteiger charge is -2.03. The Bertz CT molecular complexity index is 1080. The molecule has 24 heavy (non-hydrogen) atoms. The van der Waals surface area contributed by atoms with Crippen molar-refractivity contribution in [1.29, 1.82) is 0 Å². The lowest BCUT2D eigenvalue weighted by molar-refractivity contribution is 0.366. The minimum absolute atomic E-state index is 0.137. The van der Waals surface area contributed by atoms with Crippen molar-refractivity contribution in [2.75, 3.05) is 0 Å². The molecular formula is C16H11ClN4O2S. The molecule has 1 aromatic carbocycles. The van der Waals surface area contributed by atoms with Gasteiger partial charge in [-0.15, -0.1) is 11.3 Å². The van der Waals surface area contributed by atoms with E-state index in [1.165, 1.54) is 22.2 Å². The highest BCUT2D eigenvalue weighted by Gasteiger charge is 2.14. The number of hydrogen-bond acceptors (Lipinski definition) is 6. The summed E-state index contributed by atoms with van der Waals surface area (Å²) in [5, 5.41) is 6.91. The molecule has 0 bridgehead atoms. The van der Waals surface area contributed by atoms with E-state index in [1.807, 2.05) is 17.5 Å². The molecule has 4 rings (SSSR count). The second kappa shape index (κ2) is 5.85. The van der Waals surface area contributed by atoms with Gasteiger partial charge >= 0.3 is 0 Å². The maximum atomic E-state index is 12.9. The molecule has 0 aliphatic carbocycles. The van der Waals surface area contributed by atoms with Crippen LogP contribution in [0, 0.1) is 6.92 Å². The Morgan fingerprint density at radius 3 is 2.79 bits per heavy atom. The Kier molecular flexibility index (Phi) is 3.66. The highest BCUT2D eigenvalue weighted by atomic mass is 35.5. The van der Waals surface area contributed by atoms with Gasteiger partial charge in [-0.25, -0.2) is 4.98 Å². The molecule has 0 aliphatic heterocycles. The summed E-state index contributed by atoms with van der Waals surface area (Å²) in [6.07, 6.45) is 1.51. The summed E-state index contributed by atoms with van der Waals surface area (Å²) >= 11 is 7.38. The zero-order valence-electron chi connectivity index (χ0n) is 12.6. The Balaban J connectivity index is 1.84. The Morgan fingerprint density at radius 2 is 2.08 bits per heavy atom. The second-order valence-corrected chi connectivity index (χ2v) is 6.54. The van der Waals surface area contributed by atoms with Gasteiger partial charge in [0.05, 0.1) is 11.7 Å². The van der Waals surface area contributed by atoms with Gasteiger partial charge in [0, 0.05) is 16.0 Å². The highest BCUT2D eigenvalue weighted by Crippen LogP contribution is 2.31. The number of aromatic nitrogens is 4. The lowest BCUT2D eigenvalue weighted by atomic mass is 10.1. The van der Waals surface area contributed by atoms with Crippen LogP contribution in [-0.4, -0.2) is 19.7 Å². The number of rotatable bonds is 3. The van der Waals surface area contributed by atoms with Crippen molar-refractivity contribution in [2.24, 2.45) is 0 Å². The first-order valence-corrected chi connectivity index (χ1v) is 8.39. The largest absolute Gasteiger partial charge is 0.337 e. The molecule has 3 heterocycles. The van der Waals surface area contributed by atoms with E-state index in [9.17, 15) is 4.79 Å². The fraction of sp³-hybridized carbons (Fsp3) is 0.125. The molecule has 4 aromatic rings. The normalized spacial score (nSPS) is 11.2. The van der Waals surface area contributed by atoms with E-state index >= 15 is 0 Å². The average Bonchev–Trinajstić information content (AvgIpc) is 3.18. The van der Waals surface area contributed by atoms with Crippen molar-refractivity contribution in [1.82, 2.24) is 19.7 Å². The number of benzene rings is 1. The first-order chi connectivity index (χ1) is 11.6. The molecule has 6 nitrogen and oxygen atoms in total. The van der Waals surface area contributed by atoms with Gasteiger partial charge in [0.1, 0.15) is 11.4 Å². The highest BCUT2D eigenvalue weighted by molar-refractivity contribution is 7.17. The third kappa shape index (κ3) is 2.61. The van der Waals surface area contributed by atoms with Crippen molar-refractivity contribution in [2.45, 2.75) is 13.5 Å². The third-order valence-corrected chi connectivity index (χ3v) is 4.73. The van der Waals surface area contributed by atoms with Crippen molar-refractivity contribution >= 4 is 33.2 Å². The molecule has 0 saturated heterocycles. The first kappa shape index (κ1) is 15.0. The van der Waals surface area contributed by atoms with Gasteiger partial charge in [-0.05, 0) is 24.6 Å². The summed E-state index contributed by atoms with van der Waals surface area (Å²) in [6, 6.07) is 7.39. The summed E-state index contributed by atoms with van der Waals surface area (Å²) in [5.41, 5.74) is 1.64. The molecule has 0 amide bonds. The Hall–Kier alpha value is -2.51. The summed E-state index contributed by atoms with van der Waals surface area (Å²) in [6.45, 7) is 1.92. The molecule has 3 aromatic heterocycles. The molecule has 0 spiro atoms. The molecule has 0 unspecified atom stereocenters. The van der Waals surface area contributed by atoms with Crippen LogP contribution in [0.15, 0.2) is 45.3 Å². The molecular weight excluding hydrogens is 348 g/mol. The van der Waals surface area contributed by atoms with E-state index in [2.05, 4.69) is 15.1 Å². The van der Waals surface area contributed by atoms with Crippen molar-refractivity contribution in [3.8, 4) is 11.1 Å². The molecule has 0 aliphatic rings. The van der Waals surface area contributed by atoms with E-state index in [0.29, 0.717) is 27.0 Å². The van der Waals surface area contributed by atoms with Gasteiger partial charge in [-0.3, -0.25) is 9.36 Å². The van der Waals surface area contributed by atoms with Crippen LogP contribution in [0.5, 0.6) is 0 Å². The topological polar surface area (TPSA) is 73.8 Å². The third-order valence-electron chi connectivity index (χ3n) is 3.59. The van der Waals surface area contributed by atoms with Gasteiger partial charge in [-0.2, -0.15) is 4.98 Å². The number of fused-ring (bicyclic) bond motifs is 1. The summed E-state index contributed by atoms with van der Waals surface area (Å²) in [5.74, 6) is 0.906. The molecule has 120 valence electrons. The standard InChI is InChI=1S/C16H11ClN4O2S/c1-9-19-13(23-20-9)6-21-8-18-15-14(16(21)22)12(7-24-15)10-2-4-11(17)5-3-10/h2-5,7-8H,6H2,1H3. The minimum Gasteiger partial charge on any atom is -0.337 e. The van der Waals surface area contributed by atoms with Gasteiger partial charge < -0.3 is 4.52 Å². The summed E-state index contributed by atoms with van der Waals surface area (Å²) < 4.78 is 6.56. The van der Waals surface area contributed by atoms with Crippen molar-refractivity contribution in [3.05, 3.63) is 63.1 Å². The number of nitrogens with zero attached hydrogens (tertiary/aromatic N) is 4. The monoisotopic (exact) mass is 358 g/mol. The van der Waals surface area contributed by atoms with Gasteiger partial charge in [0.15, 0.2) is 5.82 Å². The summed E-state index contributed by atoms with van der Waals surface area (Å²) in [4.78, 5) is 22.1. The fourth-order valence-electron chi connectivity index (χ4n) is 2.47. The molecule has 8 heteroatoms. The van der Waals surface area contributed by atoms with Gasteiger partial charge in [0.2, 0.25) is 5.89 Å². The van der Waals surface area contributed by atoms with Crippen molar-refractivity contribution in [3.63, 3.8) is 0 Å². The first-order valence-electron chi connectivity index (χ1n) is 7.13. The summed E-state index contributed by atoms with van der Waals surface area (Å²) in [7, 11) is 0. The molecule has 0 fully saturated rings. The van der Waals surface area contributed by atoms with E-state index in [1.54, 1.807) is 19.1 Å². The van der Waals surface area contributed by atoms with Gasteiger partial charge in [0.25, 0.3) is 5.56 Å². The van der Waals surface area contributed by atoms with Crippen LogP contribution in [0.25, 0.3) is 21.3 Å². The van der Waals surface area contributed by atoms with Crippen LogP contribution < -0.4 is 5.56 Å². The second-order valence-electron chi connectivity index (χ2n) is 5.25. The van der Waals surface area contributed by atoms with E-state index < -0.39 is 0 Å². The average molecular weight is 359 g/mol. The van der Waals surface area contributed by atoms with E-state index in [-0.39, 0.29) is 12.1 Å². The number of hydrogen-bond donors (Lipinski definition) is 0. The van der Waals surface area contributed by atoms with Crippen LogP contribution in [0.3, 0.4) is 0 Å². The Labute approximate surface area is 145 Å². The predicted molar refractivity (Wildman–Crippen MR) is 92.5 cm³/mol. The number of halogens is 1. The molecule has 0 radical (unpaired) electrons. The fourth-order valence-corrected chi connectivity index (χ4v) is 3.50. The predicted octanol–water partition coefficient (Wildman–Crippen LogP) is 3.52. The van der Waals surface area contributed by atoms with Crippen molar-refractivity contribution < 1.29 is 4.52 Å².